The number of halogens is 1. The zero-order chi connectivity index (χ0) is 16.5. The molecule has 3 aliphatic rings. The smallest absolute Gasteiger partial charge is 0.223 e. The average molecular weight is 348 g/mol. The zero-order valence-electron chi connectivity index (χ0n) is 14.0. The molecule has 0 aromatic heterocycles. The van der Waals surface area contributed by atoms with Gasteiger partial charge in [0.1, 0.15) is 0 Å². The molecule has 3 fully saturated rings. The molecule has 130 valence electrons. The van der Waals surface area contributed by atoms with Crippen molar-refractivity contribution in [1.29, 1.82) is 0 Å². The van der Waals surface area contributed by atoms with Gasteiger partial charge >= 0.3 is 0 Å². The Kier molecular flexibility index (Phi) is 4.79. The number of nitrogens with zero attached hydrogens (tertiary/aromatic N) is 1. The van der Waals surface area contributed by atoms with Crippen LogP contribution in [0.5, 0.6) is 0 Å². The predicted octanol–water partition coefficient (Wildman–Crippen LogP) is 2.73. The molecular formula is C19H26ClN3O. The molecule has 2 N–H and O–H groups in total. The number of fused-ring (bicyclic) bond motifs is 2. The van der Waals surface area contributed by atoms with Crippen LogP contribution < -0.4 is 10.6 Å². The van der Waals surface area contributed by atoms with Crippen LogP contribution in [0.2, 0.25) is 5.02 Å². The standard InChI is InChI=1S/C19H26ClN3O/c20-15-3-1-2-14(11-15)18-12-21-6-7-23(18)19(24)10-13-8-16-4-5-17(9-13)22-16/h1-3,11,13,16-18,21-22H,4-10,12H2. The number of carbonyl (C=O) groups is 1. The van der Waals surface area contributed by atoms with Gasteiger partial charge in [-0.05, 0) is 49.3 Å². The van der Waals surface area contributed by atoms with Gasteiger partial charge in [-0.2, -0.15) is 0 Å². The second kappa shape index (κ2) is 7.03. The van der Waals surface area contributed by atoms with E-state index in [-0.39, 0.29) is 6.04 Å². The van der Waals surface area contributed by atoms with Gasteiger partial charge in [-0.3, -0.25) is 4.79 Å². The lowest BCUT2D eigenvalue weighted by atomic mass is 9.89. The summed E-state index contributed by atoms with van der Waals surface area (Å²) in [4.78, 5) is 15.1. The van der Waals surface area contributed by atoms with Crippen LogP contribution in [-0.4, -0.2) is 42.5 Å². The van der Waals surface area contributed by atoms with Crippen LogP contribution >= 0.6 is 11.6 Å². The molecule has 4 nitrogen and oxygen atoms in total. The summed E-state index contributed by atoms with van der Waals surface area (Å²) < 4.78 is 0. The topological polar surface area (TPSA) is 44.4 Å². The fourth-order valence-corrected chi connectivity index (χ4v) is 4.92. The molecule has 4 rings (SSSR count). The monoisotopic (exact) mass is 347 g/mol. The Bertz CT molecular complexity index is 596. The van der Waals surface area contributed by atoms with E-state index in [0.29, 0.717) is 30.3 Å². The van der Waals surface area contributed by atoms with Crippen LogP contribution in [0.4, 0.5) is 0 Å². The van der Waals surface area contributed by atoms with Gasteiger partial charge in [0.15, 0.2) is 0 Å². The van der Waals surface area contributed by atoms with E-state index in [1.165, 1.54) is 12.8 Å². The van der Waals surface area contributed by atoms with E-state index >= 15 is 0 Å². The lowest BCUT2D eigenvalue weighted by Crippen LogP contribution is -2.49. The van der Waals surface area contributed by atoms with E-state index in [4.69, 9.17) is 11.6 Å². The van der Waals surface area contributed by atoms with Crippen LogP contribution in [0.1, 0.15) is 43.7 Å². The molecule has 1 aromatic carbocycles. The van der Waals surface area contributed by atoms with E-state index in [9.17, 15) is 4.79 Å². The van der Waals surface area contributed by atoms with Crippen molar-refractivity contribution in [3.8, 4) is 0 Å². The van der Waals surface area contributed by atoms with Gasteiger partial charge < -0.3 is 15.5 Å². The lowest BCUT2D eigenvalue weighted by Gasteiger charge is -2.38. The second-order valence-electron chi connectivity index (χ2n) is 7.54. The maximum absolute atomic E-state index is 13.0. The number of amides is 1. The van der Waals surface area contributed by atoms with Crippen LogP contribution in [0.3, 0.4) is 0 Å². The fraction of sp³-hybridized carbons (Fsp3) is 0.632. The van der Waals surface area contributed by atoms with E-state index < -0.39 is 0 Å². The molecule has 0 radical (unpaired) electrons. The minimum Gasteiger partial charge on any atom is -0.333 e. The number of piperazine rings is 1. The SMILES string of the molecule is O=C(CC1CC2CCC(C1)N2)N1CCNCC1c1cccc(Cl)c1. The number of hydrogen-bond acceptors (Lipinski definition) is 3. The summed E-state index contributed by atoms with van der Waals surface area (Å²) in [6.45, 7) is 2.47. The summed E-state index contributed by atoms with van der Waals surface area (Å²) in [7, 11) is 0. The van der Waals surface area contributed by atoms with Gasteiger partial charge in [0, 0.05) is 43.2 Å². The van der Waals surface area contributed by atoms with Crippen molar-refractivity contribution in [2.45, 2.75) is 50.2 Å². The Hall–Kier alpha value is -1.10. The van der Waals surface area contributed by atoms with Crippen LogP contribution in [0.25, 0.3) is 0 Å². The molecule has 0 spiro atoms. The minimum atomic E-state index is 0.100. The Labute approximate surface area is 148 Å². The third-order valence-corrected chi connectivity index (χ3v) is 6.07. The van der Waals surface area contributed by atoms with Crippen molar-refractivity contribution in [2.75, 3.05) is 19.6 Å². The summed E-state index contributed by atoms with van der Waals surface area (Å²) in [5.41, 5.74) is 1.13. The summed E-state index contributed by atoms with van der Waals surface area (Å²) >= 11 is 6.16. The fourth-order valence-electron chi connectivity index (χ4n) is 4.72. The maximum Gasteiger partial charge on any atom is 0.223 e. The van der Waals surface area contributed by atoms with Gasteiger partial charge in [-0.25, -0.2) is 0 Å². The normalized spacial score (nSPS) is 32.8. The third-order valence-electron chi connectivity index (χ3n) is 5.83. The lowest BCUT2D eigenvalue weighted by molar-refractivity contribution is -0.135. The van der Waals surface area contributed by atoms with Gasteiger partial charge in [0.05, 0.1) is 6.04 Å². The first kappa shape index (κ1) is 16.4. The molecule has 2 bridgehead atoms. The van der Waals surface area contributed by atoms with Crippen molar-refractivity contribution in [1.82, 2.24) is 15.5 Å². The van der Waals surface area contributed by atoms with Crippen LogP contribution in [0, 0.1) is 5.92 Å². The first-order valence-electron chi connectivity index (χ1n) is 9.21. The summed E-state index contributed by atoms with van der Waals surface area (Å²) in [6.07, 6.45) is 5.60. The molecule has 3 saturated heterocycles. The molecule has 5 heteroatoms. The molecule has 3 atom stereocenters. The summed E-state index contributed by atoms with van der Waals surface area (Å²) in [6, 6.07) is 9.32. The number of piperidine rings is 1. The second-order valence-corrected chi connectivity index (χ2v) is 7.98. The van der Waals surface area contributed by atoms with Crippen LogP contribution in [-0.2, 0) is 4.79 Å². The first-order chi connectivity index (χ1) is 11.7. The molecule has 3 heterocycles. The maximum atomic E-state index is 13.0. The molecular weight excluding hydrogens is 322 g/mol. The Morgan fingerprint density at radius 1 is 1.25 bits per heavy atom. The highest BCUT2D eigenvalue weighted by Crippen LogP contribution is 2.34. The number of hydrogen-bond donors (Lipinski definition) is 2. The molecule has 0 saturated carbocycles. The summed E-state index contributed by atoms with van der Waals surface area (Å²) in [5, 5.41) is 7.82. The van der Waals surface area contributed by atoms with Gasteiger partial charge in [0.25, 0.3) is 0 Å². The Balaban J connectivity index is 1.45. The van der Waals surface area contributed by atoms with Crippen molar-refractivity contribution in [3.05, 3.63) is 34.9 Å². The van der Waals surface area contributed by atoms with Crippen molar-refractivity contribution < 1.29 is 4.79 Å². The largest absolute Gasteiger partial charge is 0.333 e. The van der Waals surface area contributed by atoms with Gasteiger partial charge in [-0.1, -0.05) is 23.7 Å². The quantitative estimate of drug-likeness (QED) is 0.883. The zero-order valence-corrected chi connectivity index (χ0v) is 14.8. The average Bonchev–Trinajstić information content (AvgIpc) is 2.93. The van der Waals surface area contributed by atoms with Crippen molar-refractivity contribution in [3.63, 3.8) is 0 Å². The molecule has 24 heavy (non-hydrogen) atoms. The molecule has 3 aliphatic heterocycles. The number of rotatable bonds is 3. The van der Waals surface area contributed by atoms with Crippen LogP contribution in [0.15, 0.2) is 24.3 Å². The highest BCUT2D eigenvalue weighted by Gasteiger charge is 2.36. The molecule has 0 aliphatic carbocycles. The molecule has 1 amide bonds. The Morgan fingerprint density at radius 3 is 2.79 bits per heavy atom. The van der Waals surface area contributed by atoms with E-state index in [1.807, 2.05) is 18.2 Å². The highest BCUT2D eigenvalue weighted by molar-refractivity contribution is 6.30. The predicted molar refractivity (Wildman–Crippen MR) is 96.1 cm³/mol. The highest BCUT2D eigenvalue weighted by atomic mass is 35.5. The van der Waals surface area contributed by atoms with E-state index in [1.54, 1.807) is 0 Å². The van der Waals surface area contributed by atoms with Crippen molar-refractivity contribution in [2.24, 2.45) is 5.92 Å². The Morgan fingerprint density at radius 2 is 2.04 bits per heavy atom. The van der Waals surface area contributed by atoms with Crippen molar-refractivity contribution >= 4 is 17.5 Å². The van der Waals surface area contributed by atoms with E-state index in [0.717, 1.165) is 43.1 Å². The first-order valence-corrected chi connectivity index (χ1v) is 9.58. The number of nitrogens with one attached hydrogen (secondary N) is 2. The number of carbonyl (C=O) groups excluding carboxylic acids is 1. The number of benzene rings is 1. The van der Waals surface area contributed by atoms with E-state index in [2.05, 4.69) is 21.6 Å². The molecule has 3 unspecified atom stereocenters. The third kappa shape index (κ3) is 3.46. The minimum absolute atomic E-state index is 0.100. The summed E-state index contributed by atoms with van der Waals surface area (Å²) in [5.74, 6) is 0.860. The van der Waals surface area contributed by atoms with Gasteiger partial charge in [-0.15, -0.1) is 0 Å². The van der Waals surface area contributed by atoms with Gasteiger partial charge in [0.2, 0.25) is 5.91 Å². The molecule has 1 aromatic rings.